The van der Waals surface area contributed by atoms with Gasteiger partial charge in [0.1, 0.15) is 5.69 Å². The van der Waals surface area contributed by atoms with Gasteiger partial charge in [-0.25, -0.2) is 9.89 Å². The Morgan fingerprint density at radius 3 is 2.73 bits per heavy atom. The van der Waals surface area contributed by atoms with Crippen molar-refractivity contribution in [3.8, 4) is 11.5 Å². The number of halogens is 1. The number of hydrogen-bond acceptors (Lipinski definition) is 7. The Balaban J connectivity index is 2.29. The first-order valence-corrected chi connectivity index (χ1v) is 8.82. The molecule has 0 unspecified atom stereocenters. The summed E-state index contributed by atoms with van der Waals surface area (Å²) in [5.41, 5.74) is 3.34. The zero-order valence-corrected chi connectivity index (χ0v) is 17.0. The van der Waals surface area contributed by atoms with Gasteiger partial charge in [-0.1, -0.05) is 20.8 Å². The van der Waals surface area contributed by atoms with Crippen LogP contribution in [0.1, 0.15) is 39.0 Å². The summed E-state index contributed by atoms with van der Waals surface area (Å²) < 4.78 is 11.7. The van der Waals surface area contributed by atoms with Crippen LogP contribution in [-0.2, 0) is 5.41 Å². The summed E-state index contributed by atoms with van der Waals surface area (Å²) in [6.07, 6.45) is 1.60. The highest BCUT2D eigenvalue weighted by Crippen LogP contribution is 2.36. The Labute approximate surface area is 160 Å². The number of ether oxygens (including phenoxy) is 2. The van der Waals surface area contributed by atoms with E-state index in [0.717, 1.165) is 10.0 Å². The van der Waals surface area contributed by atoms with Crippen LogP contribution in [0.15, 0.2) is 26.5 Å². The molecule has 1 heterocycles. The van der Waals surface area contributed by atoms with Gasteiger partial charge in [-0.2, -0.15) is 15.2 Å². The first kappa shape index (κ1) is 19.9. The molecular formula is C17H22BrN5O3. The maximum atomic E-state index is 11.5. The Morgan fingerprint density at radius 1 is 1.38 bits per heavy atom. The normalized spacial score (nSPS) is 11.6. The number of H-pyrrole nitrogens is 1. The second kappa shape index (κ2) is 8.31. The minimum Gasteiger partial charge on any atom is -0.492 e. The van der Waals surface area contributed by atoms with Crippen molar-refractivity contribution in [3.05, 3.63) is 38.3 Å². The van der Waals surface area contributed by atoms with Crippen molar-refractivity contribution < 1.29 is 9.47 Å². The van der Waals surface area contributed by atoms with Crippen LogP contribution in [0, 0.1) is 0 Å². The molecule has 0 aliphatic carbocycles. The number of nitrogens with one attached hydrogen (secondary N) is 2. The number of hydrogen-bond donors (Lipinski definition) is 2. The largest absolute Gasteiger partial charge is 0.492 e. The smallest absolute Gasteiger partial charge is 0.363 e. The van der Waals surface area contributed by atoms with Gasteiger partial charge in [0.25, 0.3) is 0 Å². The van der Waals surface area contributed by atoms with Crippen LogP contribution in [-0.4, -0.2) is 35.1 Å². The van der Waals surface area contributed by atoms with Crippen LogP contribution in [0.3, 0.4) is 0 Å². The van der Waals surface area contributed by atoms with Crippen LogP contribution in [0.25, 0.3) is 0 Å². The van der Waals surface area contributed by atoms with E-state index in [0.29, 0.717) is 29.6 Å². The van der Waals surface area contributed by atoms with E-state index in [1.54, 1.807) is 13.3 Å². The van der Waals surface area contributed by atoms with E-state index in [1.807, 2.05) is 39.8 Å². The lowest BCUT2D eigenvalue weighted by atomic mass is 9.92. The van der Waals surface area contributed by atoms with Crippen molar-refractivity contribution >= 4 is 28.0 Å². The van der Waals surface area contributed by atoms with Crippen molar-refractivity contribution in [2.45, 2.75) is 33.1 Å². The number of rotatable bonds is 6. The van der Waals surface area contributed by atoms with Gasteiger partial charge >= 0.3 is 5.69 Å². The summed E-state index contributed by atoms with van der Waals surface area (Å²) in [6, 6.07) is 3.66. The molecule has 0 amide bonds. The summed E-state index contributed by atoms with van der Waals surface area (Å²) in [5.74, 6) is 1.54. The lowest BCUT2D eigenvalue weighted by Crippen LogP contribution is -2.24. The number of anilines is 1. The first-order chi connectivity index (χ1) is 12.3. The Morgan fingerprint density at radius 2 is 2.12 bits per heavy atom. The van der Waals surface area contributed by atoms with E-state index < -0.39 is 5.69 Å². The second-order valence-electron chi connectivity index (χ2n) is 6.42. The van der Waals surface area contributed by atoms with Gasteiger partial charge in [0.15, 0.2) is 17.3 Å². The fraction of sp³-hybridized carbons (Fsp3) is 0.412. The number of benzene rings is 1. The summed E-state index contributed by atoms with van der Waals surface area (Å²) >= 11 is 3.46. The van der Waals surface area contributed by atoms with Gasteiger partial charge in [0.05, 0.1) is 24.4 Å². The summed E-state index contributed by atoms with van der Waals surface area (Å²) in [4.78, 5) is 15.4. The van der Waals surface area contributed by atoms with E-state index >= 15 is 0 Å². The molecule has 1 aromatic heterocycles. The zero-order chi connectivity index (χ0) is 19.3. The number of hydrazone groups is 1. The molecule has 0 atom stereocenters. The molecule has 8 nitrogen and oxygen atoms in total. The molecule has 0 bridgehead atoms. The average Bonchev–Trinajstić information content (AvgIpc) is 2.54. The molecule has 0 saturated heterocycles. The molecule has 2 N–H and O–H groups in total. The number of methoxy groups -OCH3 is 1. The van der Waals surface area contributed by atoms with E-state index in [4.69, 9.17) is 9.47 Å². The topological polar surface area (TPSA) is 101 Å². The van der Waals surface area contributed by atoms with E-state index in [9.17, 15) is 4.79 Å². The van der Waals surface area contributed by atoms with Gasteiger partial charge in [-0.3, -0.25) is 5.43 Å². The van der Waals surface area contributed by atoms with Gasteiger partial charge in [-0.05, 0) is 40.5 Å². The first-order valence-electron chi connectivity index (χ1n) is 8.02. The van der Waals surface area contributed by atoms with Gasteiger partial charge < -0.3 is 9.47 Å². The molecule has 0 saturated carbocycles. The van der Waals surface area contributed by atoms with Crippen molar-refractivity contribution in [1.29, 1.82) is 0 Å². The van der Waals surface area contributed by atoms with Gasteiger partial charge in [0, 0.05) is 5.41 Å². The Kier molecular flexibility index (Phi) is 6.36. The molecule has 2 rings (SSSR count). The maximum absolute atomic E-state index is 11.5. The monoisotopic (exact) mass is 423 g/mol. The van der Waals surface area contributed by atoms with E-state index in [2.05, 4.69) is 41.6 Å². The minimum absolute atomic E-state index is 0.305. The van der Waals surface area contributed by atoms with Crippen LogP contribution >= 0.6 is 15.9 Å². The molecule has 0 aliphatic heterocycles. The van der Waals surface area contributed by atoms with E-state index in [-0.39, 0.29) is 5.41 Å². The molecule has 9 heteroatoms. The third-order valence-electron chi connectivity index (χ3n) is 3.33. The molecular weight excluding hydrogens is 402 g/mol. The van der Waals surface area contributed by atoms with Gasteiger partial charge in [0.2, 0.25) is 0 Å². The second-order valence-corrected chi connectivity index (χ2v) is 7.28. The molecule has 0 fully saturated rings. The van der Waals surface area contributed by atoms with Crippen molar-refractivity contribution in [3.63, 3.8) is 0 Å². The fourth-order valence-electron chi connectivity index (χ4n) is 2.23. The molecule has 2 aromatic rings. The highest BCUT2D eigenvalue weighted by Gasteiger charge is 2.21. The van der Waals surface area contributed by atoms with Crippen LogP contribution in [0.5, 0.6) is 11.5 Å². The lowest BCUT2D eigenvalue weighted by molar-refractivity contribution is 0.310. The number of nitrogens with zero attached hydrogens (tertiary/aromatic N) is 3. The standard InChI is InChI=1S/C17H22BrN5O3/c1-6-26-12-8-10(7-11(18)13(12)25-5)9-19-22-15-14(17(2,3)4)21-23-16(24)20-15/h7-9H,6H2,1-5H3,(H2,20,22,23,24)/b19-9+. The maximum Gasteiger partial charge on any atom is 0.363 e. The zero-order valence-electron chi connectivity index (χ0n) is 15.4. The quantitative estimate of drug-likeness (QED) is 0.546. The van der Waals surface area contributed by atoms with Crippen molar-refractivity contribution in [2.24, 2.45) is 5.10 Å². The fourth-order valence-corrected chi connectivity index (χ4v) is 2.85. The van der Waals surface area contributed by atoms with Crippen molar-refractivity contribution in [2.75, 3.05) is 19.1 Å². The molecule has 0 radical (unpaired) electrons. The number of aromatic amines is 1. The van der Waals surface area contributed by atoms with Crippen LogP contribution in [0.4, 0.5) is 5.82 Å². The molecule has 140 valence electrons. The molecule has 1 aromatic carbocycles. The summed E-state index contributed by atoms with van der Waals surface area (Å²) in [5, 5.41) is 10.6. The van der Waals surface area contributed by atoms with Crippen molar-refractivity contribution in [1.82, 2.24) is 15.2 Å². The van der Waals surface area contributed by atoms with Gasteiger partial charge in [-0.15, -0.1) is 0 Å². The summed E-state index contributed by atoms with van der Waals surface area (Å²) in [6.45, 7) is 8.33. The summed E-state index contributed by atoms with van der Waals surface area (Å²) in [7, 11) is 1.58. The Hall–Kier alpha value is -2.42. The minimum atomic E-state index is -0.540. The highest BCUT2D eigenvalue weighted by atomic mass is 79.9. The van der Waals surface area contributed by atoms with E-state index in [1.165, 1.54) is 0 Å². The highest BCUT2D eigenvalue weighted by molar-refractivity contribution is 9.10. The van der Waals surface area contributed by atoms with Crippen LogP contribution < -0.4 is 20.6 Å². The average molecular weight is 424 g/mol. The molecule has 0 spiro atoms. The molecule has 26 heavy (non-hydrogen) atoms. The SMILES string of the molecule is CCOc1cc(/C=N/Nc2nc(=O)[nH]nc2C(C)(C)C)cc(Br)c1OC. The predicted molar refractivity (Wildman–Crippen MR) is 104 cm³/mol. The number of aromatic nitrogens is 3. The van der Waals surface area contributed by atoms with Crippen LogP contribution in [0.2, 0.25) is 0 Å². The third-order valence-corrected chi connectivity index (χ3v) is 3.92. The third kappa shape index (κ3) is 4.81. The predicted octanol–water partition coefficient (Wildman–Crippen LogP) is 3.08. The lowest BCUT2D eigenvalue weighted by Gasteiger charge is -2.18. The molecule has 0 aliphatic rings. The Bertz CT molecular complexity index is 858.